The molecule has 0 aliphatic carbocycles. The molecule has 1 nitrogen and oxygen atoms in total. The van der Waals surface area contributed by atoms with E-state index in [2.05, 4.69) is 170 Å². The topological polar surface area (TPSA) is 13.1 Å². The Labute approximate surface area is 282 Å². The van der Waals surface area contributed by atoms with Crippen molar-refractivity contribution in [2.45, 2.75) is 0 Å². The molecule has 1 aromatic heterocycles. The quantitative estimate of drug-likeness (QED) is 0.179. The van der Waals surface area contributed by atoms with Gasteiger partial charge in [0.15, 0.2) is 0 Å². The first-order chi connectivity index (χ1) is 24.3. The van der Waals surface area contributed by atoms with Crippen LogP contribution in [0, 0.1) is 0 Å². The van der Waals surface area contributed by atoms with Crippen molar-refractivity contribution in [3.63, 3.8) is 0 Å². The van der Waals surface area contributed by atoms with E-state index < -0.39 is 0 Å². The molecule has 11 aromatic rings. The highest BCUT2D eigenvalue weighted by Crippen LogP contribution is 2.44. The predicted molar refractivity (Wildman–Crippen MR) is 209 cm³/mol. The minimum Gasteiger partial charge on any atom is -0.455 e. The van der Waals surface area contributed by atoms with Gasteiger partial charge < -0.3 is 4.42 Å². The lowest BCUT2D eigenvalue weighted by atomic mass is 9.89. The fourth-order valence-corrected chi connectivity index (χ4v) is 8.26. The van der Waals surface area contributed by atoms with Crippen LogP contribution < -0.4 is 0 Å². The molecule has 49 heavy (non-hydrogen) atoms. The Morgan fingerprint density at radius 2 is 0.857 bits per heavy atom. The summed E-state index contributed by atoms with van der Waals surface area (Å²) in [5.41, 5.74) is 8.99. The Kier molecular flexibility index (Phi) is 5.45. The third-order valence-corrected chi connectivity index (χ3v) is 10.6. The van der Waals surface area contributed by atoms with E-state index in [0.29, 0.717) is 0 Å². The van der Waals surface area contributed by atoms with Gasteiger partial charge in [-0.1, -0.05) is 152 Å². The largest absolute Gasteiger partial charge is 0.455 e. The first kappa shape index (κ1) is 26.6. The van der Waals surface area contributed by atoms with Gasteiger partial charge in [-0.2, -0.15) is 0 Å². The summed E-state index contributed by atoms with van der Waals surface area (Å²) in [6.45, 7) is 0. The highest BCUT2D eigenvalue weighted by Gasteiger charge is 2.19. The molecule has 0 radical (unpaired) electrons. The van der Waals surface area contributed by atoms with Crippen LogP contribution in [0.4, 0.5) is 0 Å². The summed E-state index contributed by atoms with van der Waals surface area (Å²) in [5.74, 6) is 0. The molecular weight excluding hydrogens is 593 g/mol. The Morgan fingerprint density at radius 1 is 0.265 bits per heavy atom. The fraction of sp³-hybridized carbons (Fsp3) is 0. The van der Waals surface area contributed by atoms with Gasteiger partial charge in [-0.15, -0.1) is 0 Å². The van der Waals surface area contributed by atoms with Crippen molar-refractivity contribution >= 4 is 75.8 Å². The zero-order valence-corrected chi connectivity index (χ0v) is 26.6. The summed E-state index contributed by atoms with van der Waals surface area (Å²) in [5, 5.41) is 14.9. The minimum atomic E-state index is 0.928. The van der Waals surface area contributed by atoms with Crippen molar-refractivity contribution in [3.05, 3.63) is 170 Å². The number of benzene rings is 10. The summed E-state index contributed by atoms with van der Waals surface area (Å²) in [7, 11) is 0. The molecule has 0 bridgehead atoms. The highest BCUT2D eigenvalue weighted by atomic mass is 16.3. The smallest absolute Gasteiger partial charge is 0.143 e. The van der Waals surface area contributed by atoms with Gasteiger partial charge in [0.2, 0.25) is 0 Å². The third kappa shape index (κ3) is 3.87. The van der Waals surface area contributed by atoms with E-state index in [-0.39, 0.29) is 0 Å². The lowest BCUT2D eigenvalue weighted by molar-refractivity contribution is 0.674. The Hall–Kier alpha value is -6.44. The second kappa shape index (κ2) is 10.0. The zero-order chi connectivity index (χ0) is 32.1. The predicted octanol–water partition coefficient (Wildman–Crippen LogP) is 13.8. The first-order valence-corrected chi connectivity index (χ1v) is 16.9. The van der Waals surface area contributed by atoms with E-state index in [9.17, 15) is 0 Å². The summed E-state index contributed by atoms with van der Waals surface area (Å²) in [4.78, 5) is 0. The fourth-order valence-electron chi connectivity index (χ4n) is 8.26. The van der Waals surface area contributed by atoms with Gasteiger partial charge in [-0.05, 0) is 94.5 Å². The van der Waals surface area contributed by atoms with Crippen LogP contribution in [-0.4, -0.2) is 0 Å². The molecule has 0 amide bonds. The molecule has 10 aromatic carbocycles. The first-order valence-electron chi connectivity index (χ1n) is 16.9. The SMILES string of the molecule is c1ccc2c(-c3cc(-c4ccc(-c5ccc6ccc7cccc8ccc5c6c78)cc4)cc4c3oc3c5ccccc5ccc43)cccc2c1. The van der Waals surface area contributed by atoms with Gasteiger partial charge in [-0.25, -0.2) is 0 Å². The number of hydrogen-bond acceptors (Lipinski definition) is 1. The van der Waals surface area contributed by atoms with Gasteiger partial charge in [0.25, 0.3) is 0 Å². The molecule has 11 rings (SSSR count). The van der Waals surface area contributed by atoms with E-state index in [0.717, 1.165) is 32.9 Å². The Balaban J connectivity index is 1.13. The maximum absolute atomic E-state index is 6.86. The minimum absolute atomic E-state index is 0.928. The molecule has 0 aliphatic heterocycles. The van der Waals surface area contributed by atoms with Crippen molar-refractivity contribution in [1.82, 2.24) is 0 Å². The van der Waals surface area contributed by atoms with Crippen LogP contribution in [0.3, 0.4) is 0 Å². The summed E-state index contributed by atoms with van der Waals surface area (Å²) in [6.07, 6.45) is 0. The molecule has 0 saturated heterocycles. The number of fused-ring (bicyclic) bond motifs is 6. The van der Waals surface area contributed by atoms with Crippen molar-refractivity contribution < 1.29 is 4.42 Å². The van der Waals surface area contributed by atoms with Gasteiger partial charge in [-0.3, -0.25) is 0 Å². The van der Waals surface area contributed by atoms with Crippen molar-refractivity contribution in [1.29, 1.82) is 0 Å². The molecule has 0 saturated carbocycles. The average molecular weight is 621 g/mol. The Bertz CT molecular complexity index is 3070. The van der Waals surface area contributed by atoms with E-state index in [1.165, 1.54) is 76.3 Å². The summed E-state index contributed by atoms with van der Waals surface area (Å²) < 4.78 is 6.86. The van der Waals surface area contributed by atoms with Crippen LogP contribution >= 0.6 is 0 Å². The summed E-state index contributed by atoms with van der Waals surface area (Å²) >= 11 is 0. The van der Waals surface area contributed by atoms with E-state index in [1.807, 2.05) is 0 Å². The lowest BCUT2D eigenvalue weighted by Gasteiger charge is -2.14. The molecule has 0 atom stereocenters. The second-order valence-corrected chi connectivity index (χ2v) is 13.2. The molecule has 0 aliphatic rings. The maximum atomic E-state index is 6.86. The number of furan rings is 1. The van der Waals surface area contributed by atoms with Gasteiger partial charge in [0.1, 0.15) is 11.2 Å². The Morgan fingerprint density at radius 3 is 1.69 bits per heavy atom. The maximum Gasteiger partial charge on any atom is 0.143 e. The molecule has 0 N–H and O–H groups in total. The molecule has 1 heteroatoms. The standard InChI is InChI=1S/C48H28O/c1-3-12-37-30(7-1)9-6-14-40(37)43-27-36(28-44-42-26-21-31-8-2-4-13-39(31)47(42)49-48(43)44)29-15-17-32(18-16-29)38-24-22-35-20-19-33-10-5-11-34-23-25-41(38)46(35)45(33)34/h1-28H. The molecule has 1 heterocycles. The number of rotatable bonds is 3. The van der Waals surface area contributed by atoms with E-state index in [1.54, 1.807) is 0 Å². The van der Waals surface area contributed by atoms with Gasteiger partial charge in [0.05, 0.1) is 0 Å². The highest BCUT2D eigenvalue weighted by molar-refractivity contribution is 6.25. The third-order valence-electron chi connectivity index (χ3n) is 10.6. The molecular formula is C48H28O. The van der Waals surface area contributed by atoms with Crippen LogP contribution in [0.15, 0.2) is 174 Å². The van der Waals surface area contributed by atoms with Gasteiger partial charge in [0, 0.05) is 21.7 Å². The normalized spacial score (nSPS) is 12.1. The van der Waals surface area contributed by atoms with Crippen LogP contribution in [0.1, 0.15) is 0 Å². The van der Waals surface area contributed by atoms with Crippen LogP contribution in [-0.2, 0) is 0 Å². The van der Waals surface area contributed by atoms with Crippen molar-refractivity contribution in [3.8, 4) is 33.4 Å². The molecule has 226 valence electrons. The average Bonchev–Trinajstić information content (AvgIpc) is 3.56. The van der Waals surface area contributed by atoms with E-state index >= 15 is 0 Å². The molecule has 0 fully saturated rings. The number of hydrogen-bond donors (Lipinski definition) is 0. The van der Waals surface area contributed by atoms with Crippen LogP contribution in [0.25, 0.3) is 109 Å². The van der Waals surface area contributed by atoms with Crippen LogP contribution in [0.5, 0.6) is 0 Å². The van der Waals surface area contributed by atoms with Crippen LogP contribution in [0.2, 0.25) is 0 Å². The second-order valence-electron chi connectivity index (χ2n) is 13.2. The van der Waals surface area contributed by atoms with Gasteiger partial charge >= 0.3 is 0 Å². The molecule has 0 unspecified atom stereocenters. The molecule has 0 spiro atoms. The van der Waals surface area contributed by atoms with Crippen molar-refractivity contribution in [2.75, 3.05) is 0 Å². The monoisotopic (exact) mass is 620 g/mol. The lowest BCUT2D eigenvalue weighted by Crippen LogP contribution is -1.88. The van der Waals surface area contributed by atoms with Crippen molar-refractivity contribution in [2.24, 2.45) is 0 Å². The zero-order valence-electron chi connectivity index (χ0n) is 26.6. The summed E-state index contributed by atoms with van der Waals surface area (Å²) in [6, 6.07) is 62.1. The van der Waals surface area contributed by atoms with E-state index in [4.69, 9.17) is 4.42 Å².